The molecule has 0 amide bonds. The summed E-state index contributed by atoms with van der Waals surface area (Å²) in [4.78, 5) is 30.8. The molecule has 0 saturated carbocycles. The zero-order chi connectivity index (χ0) is 112. The van der Waals surface area contributed by atoms with Crippen LogP contribution in [0.2, 0.25) is 0 Å². The monoisotopic (exact) mass is 2480 g/mol. The van der Waals surface area contributed by atoms with Gasteiger partial charge < -0.3 is 68.6 Å². The first-order chi connectivity index (χ1) is 66.6. The molecular formula is C98H210N14S28. The largest absolute Gasteiger partial charge is 0.358 e. The van der Waals surface area contributed by atoms with Crippen molar-refractivity contribution < 1.29 is 0 Å². The summed E-state index contributed by atoms with van der Waals surface area (Å²) in [5, 5.41) is 0. The molecule has 0 radical (unpaired) electrons. The summed E-state index contributed by atoms with van der Waals surface area (Å²) in [7, 11) is 0. The van der Waals surface area contributed by atoms with Crippen LogP contribution in [0.1, 0.15) is 291 Å². The standard InChI is InChI=1S/14C7H15NS2/c14*1-4-8(5-2)7(9)10-6-3/h14*4-6H2,1-3H3. The summed E-state index contributed by atoms with van der Waals surface area (Å²) in [6.07, 6.45) is 0. The Morgan fingerprint density at radius 2 is 0.129 bits per heavy atom. The second-order valence-corrected chi connectivity index (χ2v) is 52.8. The van der Waals surface area contributed by atoms with Crippen molar-refractivity contribution in [3.63, 3.8) is 0 Å². The van der Waals surface area contributed by atoms with E-state index in [-0.39, 0.29) is 0 Å². The van der Waals surface area contributed by atoms with Crippen LogP contribution in [0.25, 0.3) is 0 Å². The quantitative estimate of drug-likeness (QED) is 0.0545. The Bertz CT molecular complexity index is 2090. The van der Waals surface area contributed by atoms with Crippen LogP contribution in [0.5, 0.6) is 0 Å². The molecule has 0 N–H and O–H groups in total. The van der Waals surface area contributed by atoms with Gasteiger partial charge in [0.25, 0.3) is 0 Å². The summed E-state index contributed by atoms with van der Waals surface area (Å²) < 4.78 is 14.5. The number of rotatable bonds is 42. The summed E-state index contributed by atoms with van der Waals surface area (Å²) >= 11 is 96.7. The summed E-state index contributed by atoms with van der Waals surface area (Å²) in [6.45, 7) is 118. The number of thioether (sulfide) groups is 14. The average Bonchev–Trinajstić information content (AvgIpc) is 1.10. The highest BCUT2D eigenvalue weighted by atomic mass is 32.2. The molecule has 0 saturated heterocycles. The first-order valence-corrected chi connectivity index (χ1v) is 71.0. The average molecular weight is 2480 g/mol. The van der Waals surface area contributed by atoms with Crippen LogP contribution in [0, 0.1) is 0 Å². The minimum absolute atomic E-state index is 1.03. The van der Waals surface area contributed by atoms with Gasteiger partial charge in [0.05, 0.1) is 0 Å². The molecule has 0 fully saturated rings. The van der Waals surface area contributed by atoms with Crippen molar-refractivity contribution in [3.05, 3.63) is 0 Å². The highest BCUT2D eigenvalue weighted by molar-refractivity contribution is 8.27. The third kappa shape index (κ3) is 112. The van der Waals surface area contributed by atoms with Gasteiger partial charge in [-0.25, -0.2) is 0 Å². The van der Waals surface area contributed by atoms with Gasteiger partial charge in [-0.1, -0.05) is 433 Å². The van der Waals surface area contributed by atoms with Gasteiger partial charge in [-0.05, 0) is 274 Å². The van der Waals surface area contributed by atoms with Crippen molar-refractivity contribution in [2.75, 3.05) is 264 Å². The van der Waals surface area contributed by atoms with Gasteiger partial charge in [-0.15, -0.1) is 0 Å². The highest BCUT2D eigenvalue weighted by Crippen LogP contribution is 2.18. The topological polar surface area (TPSA) is 45.4 Å². The Kier molecular flexibility index (Phi) is 172. The van der Waals surface area contributed by atoms with E-state index in [0.29, 0.717) is 0 Å². The van der Waals surface area contributed by atoms with Gasteiger partial charge in [-0.3, -0.25) is 0 Å². The van der Waals surface area contributed by atoms with Crippen LogP contribution in [0.15, 0.2) is 0 Å². The molecule has 0 aliphatic heterocycles. The van der Waals surface area contributed by atoms with Gasteiger partial charge >= 0.3 is 0 Å². The maximum atomic E-state index is 5.16. The number of thiocarbonyl (C=S) groups is 14. The van der Waals surface area contributed by atoms with Crippen LogP contribution in [-0.4, -0.2) is 393 Å². The zero-order valence-electron chi connectivity index (χ0n) is 96.4. The van der Waals surface area contributed by atoms with Crippen molar-refractivity contribution in [3.8, 4) is 0 Å². The molecule has 0 rings (SSSR count). The summed E-state index contributed by atoms with van der Waals surface area (Å²) in [5.41, 5.74) is 0. The lowest BCUT2D eigenvalue weighted by Gasteiger charge is -2.20. The Hall–Kier alpha value is 3.36. The Labute approximate surface area is 1010 Å². The van der Waals surface area contributed by atoms with E-state index in [1.54, 1.807) is 165 Å². The molecule has 42 heteroatoms. The maximum absolute atomic E-state index is 5.16. The van der Waals surface area contributed by atoms with Gasteiger partial charge in [0.15, 0.2) is 0 Å². The fourth-order valence-electron chi connectivity index (χ4n) is 9.75. The van der Waals surface area contributed by atoms with E-state index in [1.807, 2.05) is 0 Å². The van der Waals surface area contributed by atoms with E-state index in [1.165, 1.54) is 0 Å². The number of hydrogen-bond acceptors (Lipinski definition) is 28. The first-order valence-electron chi connectivity index (χ1n) is 51.4. The van der Waals surface area contributed by atoms with E-state index in [4.69, 9.17) is 171 Å². The SMILES string of the molecule is CCSC(=S)N(CC)CC.CCSC(=S)N(CC)CC.CCSC(=S)N(CC)CC.CCSC(=S)N(CC)CC.CCSC(=S)N(CC)CC.CCSC(=S)N(CC)CC.CCSC(=S)N(CC)CC.CCSC(=S)N(CC)CC.CCSC(=S)N(CC)CC.CCSC(=S)N(CC)CC.CCSC(=S)N(CC)CC.CCSC(=S)N(CC)CC.CCSC(=S)N(CC)CC.CCSC(=S)N(CC)CC. The van der Waals surface area contributed by atoms with Crippen molar-refractivity contribution in [1.82, 2.24) is 68.6 Å². The zero-order valence-corrected chi connectivity index (χ0v) is 119. The first kappa shape index (κ1) is 174. The lowest BCUT2D eigenvalue weighted by molar-refractivity contribution is 0.482. The molecule has 0 bridgehead atoms. The van der Waals surface area contributed by atoms with Crippen molar-refractivity contribution in [2.24, 2.45) is 0 Å². The number of nitrogens with zero attached hydrogens (tertiary/aromatic N) is 14. The van der Waals surface area contributed by atoms with E-state index in [9.17, 15) is 0 Å². The normalized spacial score (nSPS) is 9.50. The van der Waals surface area contributed by atoms with Gasteiger partial charge in [0.2, 0.25) is 0 Å². The molecule has 840 valence electrons. The molecule has 0 aromatic carbocycles. The van der Waals surface area contributed by atoms with Gasteiger partial charge in [0.1, 0.15) is 60.5 Å². The molecule has 0 spiro atoms. The second-order valence-electron chi connectivity index (χ2n) is 26.2. The van der Waals surface area contributed by atoms with Crippen LogP contribution in [0.4, 0.5) is 0 Å². The van der Waals surface area contributed by atoms with E-state index >= 15 is 0 Å². The van der Waals surface area contributed by atoms with E-state index < -0.39 is 0 Å². The molecule has 0 aliphatic rings. The van der Waals surface area contributed by atoms with Crippen molar-refractivity contribution in [2.45, 2.75) is 291 Å². The predicted octanol–water partition coefficient (Wildman–Crippen LogP) is 33.1. The third-order valence-electron chi connectivity index (χ3n) is 18.1. The molecule has 0 aliphatic carbocycles. The summed E-state index contributed by atoms with van der Waals surface area (Å²) in [5.74, 6) is 15.1. The van der Waals surface area contributed by atoms with E-state index in [0.717, 1.165) is 324 Å². The van der Waals surface area contributed by atoms with Gasteiger partial charge in [-0.2, -0.15) is 0 Å². The molecule has 14 nitrogen and oxygen atoms in total. The Balaban J connectivity index is -0.000000102. The van der Waals surface area contributed by atoms with Crippen LogP contribution in [-0.2, 0) is 0 Å². The molecule has 0 atom stereocenters. The minimum Gasteiger partial charge on any atom is -0.358 e. The summed E-state index contributed by atoms with van der Waals surface area (Å²) in [6, 6.07) is 0. The fraction of sp³-hybridized carbons (Fsp3) is 0.857. The third-order valence-corrected chi connectivity index (χ3v) is 37.7. The lowest BCUT2D eigenvalue weighted by Crippen LogP contribution is -2.26. The minimum atomic E-state index is 1.03. The molecule has 0 aromatic rings. The lowest BCUT2D eigenvalue weighted by atomic mass is 10.6. The van der Waals surface area contributed by atoms with Crippen molar-refractivity contribution >= 4 is 396 Å². The van der Waals surface area contributed by atoms with Gasteiger partial charge in [0, 0.05) is 183 Å². The predicted molar refractivity (Wildman–Crippen MR) is 751 cm³/mol. The van der Waals surface area contributed by atoms with Crippen LogP contribution < -0.4 is 0 Å². The second kappa shape index (κ2) is 138. The molecular weight excluding hydrogens is 2270 g/mol. The van der Waals surface area contributed by atoms with Crippen LogP contribution >= 0.6 is 336 Å². The molecule has 0 aromatic heterocycles. The maximum Gasteiger partial charge on any atom is 0.136 e. The fourth-order valence-corrected chi connectivity index (χ4v) is 27.9. The number of hydrogen-bond donors (Lipinski definition) is 0. The molecule has 0 heterocycles. The molecule has 140 heavy (non-hydrogen) atoms. The highest BCUT2D eigenvalue weighted by Gasteiger charge is 2.13. The Morgan fingerprint density at radius 1 is 0.0929 bits per heavy atom. The smallest absolute Gasteiger partial charge is 0.136 e. The Morgan fingerprint density at radius 3 is 0.150 bits per heavy atom. The van der Waals surface area contributed by atoms with Crippen molar-refractivity contribution in [1.29, 1.82) is 0 Å². The van der Waals surface area contributed by atoms with E-state index in [2.05, 4.69) is 359 Å². The molecule has 0 unspecified atom stereocenters. The van der Waals surface area contributed by atoms with Crippen LogP contribution in [0.3, 0.4) is 0 Å².